The molecule has 7 heteroatoms. The third kappa shape index (κ3) is 3.32. The summed E-state index contributed by atoms with van der Waals surface area (Å²) in [5, 5.41) is 5.84. The number of carbonyl (C=O) groups excluding carboxylic acids is 1. The van der Waals surface area contributed by atoms with Crippen molar-refractivity contribution in [2.75, 3.05) is 25.9 Å². The van der Waals surface area contributed by atoms with Crippen LogP contribution in [0.15, 0.2) is 12.3 Å². The number of aromatic nitrogens is 1. The second-order valence-electron chi connectivity index (χ2n) is 5.41. The maximum Gasteiger partial charge on any atom is 0.252 e. The minimum atomic E-state index is -0.207. The standard InChI is InChI=1S/C13H20N4O2.ClH/c1-13(2)7-16-6-10(13)19-9-4-8(12(18)15-3)5-17-11(9)14;/h4-5,10,16H,6-7H2,1-3H3,(H2,14,17)(H,15,18);1H/t10-;/m0./s1. The molecule has 1 saturated heterocycles. The summed E-state index contributed by atoms with van der Waals surface area (Å²) in [5.41, 5.74) is 6.27. The normalized spacial score (nSPS) is 20.1. The second-order valence-corrected chi connectivity index (χ2v) is 5.41. The van der Waals surface area contributed by atoms with Gasteiger partial charge in [0.05, 0.1) is 5.56 Å². The molecule has 4 N–H and O–H groups in total. The number of hydrogen-bond donors (Lipinski definition) is 3. The number of nitrogens with zero attached hydrogens (tertiary/aromatic N) is 1. The molecule has 0 bridgehead atoms. The molecule has 0 saturated carbocycles. The van der Waals surface area contributed by atoms with Crippen LogP contribution in [0, 0.1) is 5.41 Å². The van der Waals surface area contributed by atoms with Gasteiger partial charge in [-0.3, -0.25) is 4.79 Å². The molecular formula is C13H21ClN4O2. The third-order valence-electron chi connectivity index (χ3n) is 3.42. The second kappa shape index (κ2) is 6.28. The maximum atomic E-state index is 11.6. The van der Waals surface area contributed by atoms with E-state index in [9.17, 15) is 4.79 Å². The Bertz CT molecular complexity index is 493. The largest absolute Gasteiger partial charge is 0.485 e. The molecule has 1 atom stereocenters. The van der Waals surface area contributed by atoms with E-state index in [0.29, 0.717) is 17.1 Å². The molecule has 0 unspecified atom stereocenters. The molecule has 2 heterocycles. The topological polar surface area (TPSA) is 89.3 Å². The molecule has 1 amide bonds. The third-order valence-corrected chi connectivity index (χ3v) is 3.42. The molecule has 1 aromatic heterocycles. The molecule has 0 aromatic carbocycles. The SMILES string of the molecule is CNC(=O)c1cnc(N)c(O[C@H]2CNCC2(C)C)c1.Cl. The number of carbonyl (C=O) groups is 1. The average molecular weight is 301 g/mol. The molecule has 1 aromatic rings. The summed E-state index contributed by atoms with van der Waals surface area (Å²) in [6, 6.07) is 1.63. The summed E-state index contributed by atoms with van der Waals surface area (Å²) in [7, 11) is 1.57. The van der Waals surface area contributed by atoms with Crippen LogP contribution in [0.3, 0.4) is 0 Å². The lowest BCUT2D eigenvalue weighted by molar-refractivity contribution is 0.0960. The highest BCUT2D eigenvalue weighted by atomic mass is 35.5. The van der Waals surface area contributed by atoms with E-state index in [1.165, 1.54) is 6.20 Å². The van der Waals surface area contributed by atoms with Crippen LogP contribution in [0.1, 0.15) is 24.2 Å². The van der Waals surface area contributed by atoms with Gasteiger partial charge in [0, 0.05) is 31.7 Å². The van der Waals surface area contributed by atoms with Crippen molar-refractivity contribution in [2.45, 2.75) is 20.0 Å². The number of rotatable bonds is 3. The van der Waals surface area contributed by atoms with Gasteiger partial charge in [0.25, 0.3) is 5.91 Å². The lowest BCUT2D eigenvalue weighted by atomic mass is 9.90. The predicted molar refractivity (Wildman–Crippen MR) is 80.4 cm³/mol. The van der Waals surface area contributed by atoms with E-state index in [2.05, 4.69) is 29.5 Å². The van der Waals surface area contributed by atoms with Crippen LogP contribution in [0.25, 0.3) is 0 Å². The van der Waals surface area contributed by atoms with Gasteiger partial charge in [-0.15, -0.1) is 12.4 Å². The number of halogens is 1. The van der Waals surface area contributed by atoms with Crippen LogP contribution in [0.4, 0.5) is 5.82 Å². The number of amides is 1. The van der Waals surface area contributed by atoms with Crippen molar-refractivity contribution in [3.63, 3.8) is 0 Å². The van der Waals surface area contributed by atoms with Crippen LogP contribution in [-0.4, -0.2) is 37.1 Å². The maximum absolute atomic E-state index is 11.6. The number of nitrogens with one attached hydrogen (secondary N) is 2. The Morgan fingerprint density at radius 1 is 1.60 bits per heavy atom. The van der Waals surface area contributed by atoms with E-state index in [-0.39, 0.29) is 29.8 Å². The van der Waals surface area contributed by atoms with E-state index < -0.39 is 0 Å². The Morgan fingerprint density at radius 3 is 2.85 bits per heavy atom. The van der Waals surface area contributed by atoms with Crippen LogP contribution in [0.5, 0.6) is 5.75 Å². The molecule has 1 aliphatic rings. The molecule has 0 radical (unpaired) electrons. The highest BCUT2D eigenvalue weighted by molar-refractivity contribution is 5.94. The number of nitrogen functional groups attached to an aromatic ring is 1. The van der Waals surface area contributed by atoms with Gasteiger partial charge in [-0.2, -0.15) is 0 Å². The van der Waals surface area contributed by atoms with E-state index in [4.69, 9.17) is 10.5 Å². The minimum Gasteiger partial charge on any atom is -0.485 e. The zero-order valence-corrected chi connectivity index (χ0v) is 12.7. The monoisotopic (exact) mass is 300 g/mol. The summed E-state index contributed by atoms with van der Waals surface area (Å²) in [4.78, 5) is 15.6. The molecular weight excluding hydrogens is 280 g/mol. The van der Waals surface area contributed by atoms with Gasteiger partial charge < -0.3 is 21.1 Å². The van der Waals surface area contributed by atoms with Crippen molar-refractivity contribution >= 4 is 24.1 Å². The zero-order chi connectivity index (χ0) is 14.0. The van der Waals surface area contributed by atoms with Crippen LogP contribution >= 0.6 is 12.4 Å². The first kappa shape index (κ1) is 16.5. The van der Waals surface area contributed by atoms with E-state index in [1.807, 2.05) is 0 Å². The fourth-order valence-corrected chi connectivity index (χ4v) is 2.09. The van der Waals surface area contributed by atoms with Gasteiger partial charge in [0.15, 0.2) is 11.6 Å². The molecule has 112 valence electrons. The molecule has 1 fully saturated rings. The summed E-state index contributed by atoms with van der Waals surface area (Å²) in [5.74, 6) is 0.555. The number of nitrogens with two attached hydrogens (primary N) is 1. The van der Waals surface area contributed by atoms with Gasteiger partial charge in [-0.1, -0.05) is 13.8 Å². The zero-order valence-electron chi connectivity index (χ0n) is 11.9. The van der Waals surface area contributed by atoms with Gasteiger partial charge in [0.2, 0.25) is 0 Å². The first-order chi connectivity index (χ1) is 8.94. The van der Waals surface area contributed by atoms with Crippen molar-refractivity contribution < 1.29 is 9.53 Å². The Balaban J connectivity index is 0.00000200. The Morgan fingerprint density at radius 2 is 2.30 bits per heavy atom. The fraction of sp³-hybridized carbons (Fsp3) is 0.538. The fourth-order valence-electron chi connectivity index (χ4n) is 2.09. The molecule has 0 spiro atoms. The molecule has 20 heavy (non-hydrogen) atoms. The van der Waals surface area contributed by atoms with Crippen molar-refractivity contribution in [1.29, 1.82) is 0 Å². The predicted octanol–water partition coefficient (Wildman–Crippen LogP) is 0.822. The first-order valence-corrected chi connectivity index (χ1v) is 6.29. The molecule has 6 nitrogen and oxygen atoms in total. The summed E-state index contributed by atoms with van der Waals surface area (Å²) in [6.07, 6.45) is 1.45. The highest BCUT2D eigenvalue weighted by Crippen LogP contribution is 2.30. The van der Waals surface area contributed by atoms with Crippen molar-refractivity contribution in [3.05, 3.63) is 17.8 Å². The van der Waals surface area contributed by atoms with E-state index >= 15 is 0 Å². The number of anilines is 1. The summed E-state index contributed by atoms with van der Waals surface area (Å²) in [6.45, 7) is 5.91. The molecule has 1 aliphatic heterocycles. The van der Waals surface area contributed by atoms with Crippen molar-refractivity contribution in [2.24, 2.45) is 5.41 Å². The van der Waals surface area contributed by atoms with Crippen LogP contribution in [-0.2, 0) is 0 Å². The number of pyridine rings is 1. The van der Waals surface area contributed by atoms with E-state index in [1.54, 1.807) is 13.1 Å². The van der Waals surface area contributed by atoms with Crippen LogP contribution < -0.4 is 21.1 Å². The van der Waals surface area contributed by atoms with Crippen molar-refractivity contribution in [1.82, 2.24) is 15.6 Å². The average Bonchev–Trinajstić information content (AvgIpc) is 2.70. The molecule has 0 aliphatic carbocycles. The number of hydrogen-bond acceptors (Lipinski definition) is 5. The Labute approximate surface area is 124 Å². The van der Waals surface area contributed by atoms with E-state index in [0.717, 1.165) is 13.1 Å². The summed E-state index contributed by atoms with van der Waals surface area (Å²) >= 11 is 0. The Hall–Kier alpha value is -1.53. The molecule has 2 rings (SSSR count). The Kier molecular flexibility index (Phi) is 5.19. The quantitative estimate of drug-likeness (QED) is 0.769. The first-order valence-electron chi connectivity index (χ1n) is 6.29. The van der Waals surface area contributed by atoms with Crippen molar-refractivity contribution in [3.8, 4) is 5.75 Å². The lowest BCUT2D eigenvalue weighted by Gasteiger charge is -2.26. The van der Waals surface area contributed by atoms with Gasteiger partial charge in [-0.25, -0.2) is 4.98 Å². The number of ether oxygens (including phenoxy) is 1. The lowest BCUT2D eigenvalue weighted by Crippen LogP contribution is -2.33. The smallest absolute Gasteiger partial charge is 0.252 e. The van der Waals surface area contributed by atoms with Gasteiger partial charge in [0.1, 0.15) is 6.10 Å². The van der Waals surface area contributed by atoms with Gasteiger partial charge >= 0.3 is 0 Å². The summed E-state index contributed by atoms with van der Waals surface area (Å²) < 4.78 is 5.93. The van der Waals surface area contributed by atoms with Gasteiger partial charge in [-0.05, 0) is 6.07 Å². The highest BCUT2D eigenvalue weighted by Gasteiger charge is 2.36. The minimum absolute atomic E-state index is 0. The van der Waals surface area contributed by atoms with Crippen LogP contribution in [0.2, 0.25) is 0 Å².